The molecule has 0 fully saturated rings. The molecular weight excluding hydrogens is 224 g/mol. The first-order valence-corrected chi connectivity index (χ1v) is 5.82. The van der Waals surface area contributed by atoms with E-state index in [1.165, 1.54) is 0 Å². The molecule has 0 spiro atoms. The van der Waals surface area contributed by atoms with Crippen molar-refractivity contribution in [2.24, 2.45) is 0 Å². The van der Waals surface area contributed by atoms with Gasteiger partial charge in [0.15, 0.2) is 0 Å². The van der Waals surface area contributed by atoms with Gasteiger partial charge < -0.3 is 4.74 Å². The zero-order chi connectivity index (χ0) is 12.8. The van der Waals surface area contributed by atoms with Crippen molar-refractivity contribution in [2.75, 3.05) is 6.61 Å². The number of hydrogen-bond donors (Lipinski definition) is 0. The van der Waals surface area contributed by atoms with Crippen LogP contribution in [0.1, 0.15) is 16.7 Å². The summed E-state index contributed by atoms with van der Waals surface area (Å²) in [6.45, 7) is 2.56. The molecule has 1 aromatic carbocycles. The van der Waals surface area contributed by atoms with Gasteiger partial charge >= 0.3 is 0 Å². The third kappa shape index (κ3) is 3.08. The fourth-order valence-corrected chi connectivity index (χ4v) is 1.65. The van der Waals surface area contributed by atoms with Crippen LogP contribution < -0.4 is 4.74 Å². The number of aromatic nitrogens is 1. The summed E-state index contributed by atoms with van der Waals surface area (Å²) in [5, 5.41) is 8.84. The molecule has 0 saturated carbocycles. The SMILES string of the molecule is Cc1ccc(C#N)cc1OCCc1cccnc1. The minimum absolute atomic E-state index is 0.585. The van der Waals surface area contributed by atoms with Gasteiger partial charge in [-0.15, -0.1) is 0 Å². The smallest absolute Gasteiger partial charge is 0.123 e. The molecule has 18 heavy (non-hydrogen) atoms. The second-order valence-corrected chi connectivity index (χ2v) is 4.05. The second-order valence-electron chi connectivity index (χ2n) is 4.05. The Labute approximate surface area is 107 Å². The number of nitriles is 1. The first-order valence-electron chi connectivity index (χ1n) is 5.82. The summed E-state index contributed by atoms with van der Waals surface area (Å²) in [4.78, 5) is 4.06. The van der Waals surface area contributed by atoms with Crippen LogP contribution in [0.25, 0.3) is 0 Å². The summed E-state index contributed by atoms with van der Waals surface area (Å²) >= 11 is 0. The molecule has 0 atom stereocenters. The van der Waals surface area contributed by atoms with E-state index in [1.54, 1.807) is 18.3 Å². The molecule has 0 saturated heterocycles. The van der Waals surface area contributed by atoms with Crippen molar-refractivity contribution in [2.45, 2.75) is 13.3 Å². The van der Waals surface area contributed by atoms with Crippen LogP contribution in [-0.4, -0.2) is 11.6 Å². The standard InChI is InChI=1S/C15H14N2O/c1-12-4-5-14(10-16)9-15(12)18-8-6-13-3-2-7-17-11-13/h2-5,7,9,11H,6,8H2,1H3. The summed E-state index contributed by atoms with van der Waals surface area (Å²) in [6.07, 6.45) is 4.40. The normalized spacial score (nSPS) is 9.78. The molecule has 0 radical (unpaired) electrons. The molecule has 3 heteroatoms. The second kappa shape index (κ2) is 5.83. The summed E-state index contributed by atoms with van der Waals surface area (Å²) in [6, 6.07) is 11.5. The van der Waals surface area contributed by atoms with Gasteiger partial charge in [0, 0.05) is 18.8 Å². The maximum absolute atomic E-state index is 8.84. The van der Waals surface area contributed by atoms with Crippen LogP contribution in [0.2, 0.25) is 0 Å². The van der Waals surface area contributed by atoms with Crippen molar-refractivity contribution in [1.82, 2.24) is 4.98 Å². The van der Waals surface area contributed by atoms with E-state index in [1.807, 2.05) is 31.3 Å². The number of rotatable bonds is 4. The Kier molecular flexibility index (Phi) is 3.93. The zero-order valence-electron chi connectivity index (χ0n) is 10.3. The van der Waals surface area contributed by atoms with Crippen LogP contribution in [0, 0.1) is 18.3 Å². The lowest BCUT2D eigenvalue weighted by atomic mass is 10.1. The lowest BCUT2D eigenvalue weighted by Crippen LogP contribution is -2.02. The molecule has 0 aliphatic rings. The highest BCUT2D eigenvalue weighted by Gasteiger charge is 2.01. The van der Waals surface area contributed by atoms with Gasteiger partial charge in [-0.3, -0.25) is 4.98 Å². The Morgan fingerprint density at radius 1 is 1.33 bits per heavy atom. The maximum Gasteiger partial charge on any atom is 0.123 e. The molecule has 0 aliphatic carbocycles. The lowest BCUT2D eigenvalue weighted by Gasteiger charge is -2.09. The molecule has 2 rings (SSSR count). The summed E-state index contributed by atoms with van der Waals surface area (Å²) in [5.41, 5.74) is 2.81. The van der Waals surface area contributed by atoms with E-state index in [-0.39, 0.29) is 0 Å². The van der Waals surface area contributed by atoms with E-state index in [4.69, 9.17) is 10.00 Å². The molecule has 3 nitrogen and oxygen atoms in total. The fraction of sp³-hybridized carbons (Fsp3) is 0.200. The Balaban J connectivity index is 1.96. The Morgan fingerprint density at radius 2 is 2.22 bits per heavy atom. The first-order chi connectivity index (χ1) is 8.79. The maximum atomic E-state index is 8.84. The molecule has 2 aromatic rings. The highest BCUT2D eigenvalue weighted by molar-refractivity contribution is 5.41. The molecule has 0 unspecified atom stereocenters. The van der Waals surface area contributed by atoms with Gasteiger partial charge in [-0.1, -0.05) is 12.1 Å². The molecule has 1 heterocycles. The Bertz CT molecular complexity index is 558. The van der Waals surface area contributed by atoms with E-state index < -0.39 is 0 Å². The van der Waals surface area contributed by atoms with E-state index >= 15 is 0 Å². The van der Waals surface area contributed by atoms with Gasteiger partial charge in [-0.05, 0) is 36.2 Å². The van der Waals surface area contributed by atoms with Crippen molar-refractivity contribution in [3.8, 4) is 11.8 Å². The third-order valence-corrected chi connectivity index (χ3v) is 2.69. The van der Waals surface area contributed by atoms with Gasteiger partial charge in [0.1, 0.15) is 5.75 Å². The van der Waals surface area contributed by atoms with Crippen molar-refractivity contribution in [3.63, 3.8) is 0 Å². The number of hydrogen-bond acceptors (Lipinski definition) is 3. The Hall–Kier alpha value is -2.34. The lowest BCUT2D eigenvalue weighted by molar-refractivity contribution is 0.319. The van der Waals surface area contributed by atoms with Crippen LogP contribution >= 0.6 is 0 Å². The van der Waals surface area contributed by atoms with Gasteiger partial charge in [0.25, 0.3) is 0 Å². The summed E-state index contributed by atoms with van der Waals surface area (Å²) in [7, 11) is 0. The average molecular weight is 238 g/mol. The first kappa shape index (κ1) is 12.1. The highest BCUT2D eigenvalue weighted by atomic mass is 16.5. The van der Waals surface area contributed by atoms with Crippen molar-refractivity contribution in [3.05, 3.63) is 59.4 Å². The van der Waals surface area contributed by atoms with Crippen LogP contribution in [0.5, 0.6) is 5.75 Å². The number of ether oxygens (including phenoxy) is 1. The molecule has 0 amide bonds. The van der Waals surface area contributed by atoms with Crippen LogP contribution in [0.3, 0.4) is 0 Å². The van der Waals surface area contributed by atoms with Crippen molar-refractivity contribution >= 4 is 0 Å². The topological polar surface area (TPSA) is 45.9 Å². The van der Waals surface area contributed by atoms with Crippen molar-refractivity contribution in [1.29, 1.82) is 5.26 Å². The molecule has 1 aromatic heterocycles. The quantitative estimate of drug-likeness (QED) is 0.822. The van der Waals surface area contributed by atoms with Gasteiger partial charge in [-0.2, -0.15) is 5.26 Å². The number of aryl methyl sites for hydroxylation is 1. The van der Waals surface area contributed by atoms with E-state index in [0.29, 0.717) is 12.2 Å². The summed E-state index contributed by atoms with van der Waals surface area (Å²) < 4.78 is 5.70. The third-order valence-electron chi connectivity index (χ3n) is 2.69. The Morgan fingerprint density at radius 3 is 2.94 bits per heavy atom. The zero-order valence-corrected chi connectivity index (χ0v) is 10.3. The average Bonchev–Trinajstić information content (AvgIpc) is 2.42. The number of benzene rings is 1. The van der Waals surface area contributed by atoms with E-state index in [2.05, 4.69) is 11.1 Å². The minimum Gasteiger partial charge on any atom is -0.493 e. The van der Waals surface area contributed by atoms with Gasteiger partial charge in [-0.25, -0.2) is 0 Å². The van der Waals surface area contributed by atoms with Gasteiger partial charge in [0.2, 0.25) is 0 Å². The van der Waals surface area contributed by atoms with Crippen LogP contribution in [0.15, 0.2) is 42.7 Å². The minimum atomic E-state index is 0.585. The predicted molar refractivity (Wildman–Crippen MR) is 69.3 cm³/mol. The monoisotopic (exact) mass is 238 g/mol. The van der Waals surface area contributed by atoms with E-state index in [9.17, 15) is 0 Å². The van der Waals surface area contributed by atoms with Crippen LogP contribution in [-0.2, 0) is 6.42 Å². The molecule has 0 aliphatic heterocycles. The highest BCUT2D eigenvalue weighted by Crippen LogP contribution is 2.19. The predicted octanol–water partition coefficient (Wildman–Crippen LogP) is 2.88. The molecule has 0 N–H and O–H groups in total. The molecule has 0 bridgehead atoms. The fourth-order valence-electron chi connectivity index (χ4n) is 1.65. The van der Waals surface area contributed by atoms with Crippen LogP contribution in [0.4, 0.5) is 0 Å². The molecule has 90 valence electrons. The summed E-state index contributed by atoms with van der Waals surface area (Å²) in [5.74, 6) is 0.776. The largest absolute Gasteiger partial charge is 0.493 e. The van der Waals surface area contributed by atoms with Crippen molar-refractivity contribution < 1.29 is 4.74 Å². The number of nitrogens with zero attached hydrogens (tertiary/aromatic N) is 2. The number of pyridine rings is 1. The van der Waals surface area contributed by atoms with E-state index in [0.717, 1.165) is 23.3 Å². The van der Waals surface area contributed by atoms with Gasteiger partial charge in [0.05, 0.1) is 18.2 Å². The molecular formula is C15H14N2O.